The summed E-state index contributed by atoms with van der Waals surface area (Å²) in [4.78, 5) is 22.3. The van der Waals surface area contributed by atoms with E-state index >= 15 is 0 Å². The summed E-state index contributed by atoms with van der Waals surface area (Å²) in [6, 6.07) is 4.50. The Morgan fingerprint density at radius 2 is 2.06 bits per heavy atom. The highest BCUT2D eigenvalue weighted by Crippen LogP contribution is 2.28. The highest BCUT2D eigenvalue weighted by Gasteiger charge is 2.26. The maximum atomic E-state index is 12.0. The molecule has 5 nitrogen and oxygen atoms in total. The minimum Gasteiger partial charge on any atom is -0.349 e. The van der Waals surface area contributed by atoms with Gasteiger partial charge in [0.2, 0.25) is 0 Å². The first-order valence-electron chi connectivity index (χ1n) is 5.83. The van der Waals surface area contributed by atoms with E-state index < -0.39 is 10.8 Å². The number of hydrogen-bond donors (Lipinski definition) is 1. The average molecular weight is 269 g/mol. The second kappa shape index (κ2) is 5.35. The third-order valence-electron chi connectivity index (χ3n) is 3.10. The molecule has 1 N–H and O–H groups in total. The summed E-state index contributed by atoms with van der Waals surface area (Å²) in [5.74, 6) is -0.420. The molecule has 1 aliphatic rings. The number of hydrogen-bond acceptors (Lipinski definition) is 3. The van der Waals surface area contributed by atoms with E-state index in [9.17, 15) is 14.9 Å². The number of rotatable bonds is 3. The maximum absolute atomic E-state index is 12.0. The van der Waals surface area contributed by atoms with Crippen LogP contribution in [-0.2, 0) is 0 Å². The van der Waals surface area contributed by atoms with Crippen LogP contribution in [0.5, 0.6) is 0 Å². The summed E-state index contributed by atoms with van der Waals surface area (Å²) in [6.45, 7) is 0. The first-order valence-corrected chi connectivity index (χ1v) is 6.21. The van der Waals surface area contributed by atoms with Gasteiger partial charge in [-0.3, -0.25) is 14.9 Å². The zero-order valence-electron chi connectivity index (χ0n) is 9.69. The van der Waals surface area contributed by atoms with Gasteiger partial charge in [-0.2, -0.15) is 0 Å². The van der Waals surface area contributed by atoms with Gasteiger partial charge in [-0.1, -0.05) is 30.5 Å². The summed E-state index contributed by atoms with van der Waals surface area (Å²) < 4.78 is 0. The van der Waals surface area contributed by atoms with E-state index in [2.05, 4.69) is 5.32 Å². The topological polar surface area (TPSA) is 72.2 Å². The van der Waals surface area contributed by atoms with Gasteiger partial charge in [0.25, 0.3) is 5.91 Å². The van der Waals surface area contributed by atoms with Gasteiger partial charge in [0, 0.05) is 6.04 Å². The Labute approximate surface area is 109 Å². The number of nitrogens with one attached hydrogen (secondary N) is 1. The van der Waals surface area contributed by atoms with E-state index in [4.69, 9.17) is 11.6 Å². The van der Waals surface area contributed by atoms with Gasteiger partial charge in [0.1, 0.15) is 10.6 Å². The van der Waals surface area contributed by atoms with Crippen LogP contribution in [0.2, 0.25) is 5.02 Å². The van der Waals surface area contributed by atoms with Gasteiger partial charge < -0.3 is 5.32 Å². The third kappa shape index (κ3) is 2.61. The number of para-hydroxylation sites is 1. The molecule has 0 heterocycles. The molecule has 18 heavy (non-hydrogen) atoms. The van der Waals surface area contributed by atoms with Crippen molar-refractivity contribution in [2.75, 3.05) is 0 Å². The Hall–Kier alpha value is -1.62. The molecular formula is C12H13ClN2O3. The minimum atomic E-state index is -0.619. The fourth-order valence-corrected chi connectivity index (χ4v) is 2.46. The van der Waals surface area contributed by atoms with Crippen molar-refractivity contribution < 1.29 is 9.72 Å². The average Bonchev–Trinajstić information content (AvgIpc) is 2.80. The lowest BCUT2D eigenvalue weighted by atomic mass is 10.1. The molecule has 0 saturated heterocycles. The number of benzene rings is 1. The summed E-state index contributed by atoms with van der Waals surface area (Å²) in [7, 11) is 0. The largest absolute Gasteiger partial charge is 0.349 e. The van der Waals surface area contributed by atoms with Gasteiger partial charge in [-0.05, 0) is 25.0 Å². The van der Waals surface area contributed by atoms with Gasteiger partial charge >= 0.3 is 5.69 Å². The van der Waals surface area contributed by atoms with Crippen molar-refractivity contribution >= 4 is 23.2 Å². The van der Waals surface area contributed by atoms with Crippen LogP contribution in [0.15, 0.2) is 18.2 Å². The van der Waals surface area contributed by atoms with E-state index in [0.717, 1.165) is 25.7 Å². The van der Waals surface area contributed by atoms with Gasteiger partial charge in [0.05, 0.1) is 4.92 Å². The lowest BCUT2D eigenvalue weighted by molar-refractivity contribution is -0.385. The van der Waals surface area contributed by atoms with E-state index in [1.807, 2.05) is 0 Å². The predicted octanol–water partition coefficient (Wildman–Crippen LogP) is 2.92. The van der Waals surface area contributed by atoms with E-state index in [-0.39, 0.29) is 22.3 Å². The molecule has 1 fully saturated rings. The van der Waals surface area contributed by atoms with Crippen molar-refractivity contribution in [3.63, 3.8) is 0 Å². The second-order valence-corrected chi connectivity index (χ2v) is 4.76. The standard InChI is InChI=1S/C12H13ClN2O3/c13-10-7-3-6-9(11(10)15(17)18)12(16)14-8-4-1-2-5-8/h3,6-8H,1-2,4-5H2,(H,14,16). The van der Waals surface area contributed by atoms with Gasteiger partial charge in [-0.15, -0.1) is 0 Å². The second-order valence-electron chi connectivity index (χ2n) is 4.35. The van der Waals surface area contributed by atoms with Crippen LogP contribution < -0.4 is 5.32 Å². The molecule has 1 aromatic rings. The maximum Gasteiger partial charge on any atom is 0.300 e. The molecule has 1 amide bonds. The number of nitrogens with zero attached hydrogens (tertiary/aromatic N) is 1. The molecule has 0 aliphatic heterocycles. The lowest BCUT2D eigenvalue weighted by Crippen LogP contribution is -2.33. The number of nitro benzene ring substituents is 1. The SMILES string of the molecule is O=C(NC1CCCC1)c1cccc(Cl)c1[N+](=O)[O-]. The molecule has 1 aliphatic carbocycles. The van der Waals surface area contributed by atoms with E-state index in [0.29, 0.717) is 0 Å². The molecule has 1 saturated carbocycles. The molecule has 96 valence electrons. The first-order chi connectivity index (χ1) is 8.59. The molecule has 0 bridgehead atoms. The van der Waals surface area contributed by atoms with Crippen molar-refractivity contribution in [1.82, 2.24) is 5.32 Å². The number of amides is 1. The van der Waals surface area contributed by atoms with E-state index in [1.165, 1.54) is 12.1 Å². The van der Waals surface area contributed by atoms with Crippen molar-refractivity contribution in [3.05, 3.63) is 38.9 Å². The minimum absolute atomic E-state index is 0.0147. The smallest absolute Gasteiger partial charge is 0.300 e. The highest BCUT2D eigenvalue weighted by atomic mass is 35.5. The van der Waals surface area contributed by atoms with Crippen LogP contribution in [0.4, 0.5) is 5.69 Å². The zero-order chi connectivity index (χ0) is 13.1. The molecule has 0 spiro atoms. The van der Waals surface area contributed by atoms with E-state index in [1.54, 1.807) is 6.07 Å². The number of carbonyl (C=O) groups is 1. The first kappa shape index (κ1) is 12.8. The van der Waals surface area contributed by atoms with Gasteiger partial charge in [0.15, 0.2) is 0 Å². The van der Waals surface area contributed by atoms with Crippen LogP contribution in [0.25, 0.3) is 0 Å². The molecule has 0 radical (unpaired) electrons. The van der Waals surface area contributed by atoms with Crippen molar-refractivity contribution in [2.45, 2.75) is 31.7 Å². The highest BCUT2D eigenvalue weighted by molar-refractivity contribution is 6.33. The summed E-state index contributed by atoms with van der Waals surface area (Å²) in [5.41, 5.74) is -0.297. The van der Waals surface area contributed by atoms with Crippen LogP contribution in [0.1, 0.15) is 36.0 Å². The fraction of sp³-hybridized carbons (Fsp3) is 0.417. The molecule has 0 aromatic heterocycles. The lowest BCUT2D eigenvalue weighted by Gasteiger charge is -2.12. The van der Waals surface area contributed by atoms with Gasteiger partial charge in [-0.25, -0.2) is 0 Å². The molecule has 2 rings (SSSR count). The molecule has 1 aromatic carbocycles. The van der Waals surface area contributed by atoms with Crippen molar-refractivity contribution in [1.29, 1.82) is 0 Å². The molecule has 0 atom stereocenters. The monoisotopic (exact) mass is 268 g/mol. The molecular weight excluding hydrogens is 256 g/mol. The fourth-order valence-electron chi connectivity index (χ4n) is 2.22. The third-order valence-corrected chi connectivity index (χ3v) is 3.41. The normalized spacial score (nSPS) is 15.6. The van der Waals surface area contributed by atoms with Crippen molar-refractivity contribution in [2.24, 2.45) is 0 Å². The van der Waals surface area contributed by atoms with Crippen LogP contribution >= 0.6 is 11.6 Å². The summed E-state index contributed by atoms with van der Waals surface area (Å²) in [6.07, 6.45) is 4.03. The number of halogens is 1. The quantitative estimate of drug-likeness (QED) is 0.677. The Morgan fingerprint density at radius 3 is 2.67 bits per heavy atom. The van der Waals surface area contributed by atoms with Crippen LogP contribution in [-0.4, -0.2) is 16.9 Å². The number of carbonyl (C=O) groups excluding carboxylic acids is 1. The molecule has 0 unspecified atom stereocenters. The Morgan fingerprint density at radius 1 is 1.39 bits per heavy atom. The Kier molecular flexibility index (Phi) is 3.81. The Balaban J connectivity index is 2.24. The Bertz CT molecular complexity index is 484. The van der Waals surface area contributed by atoms with Crippen molar-refractivity contribution in [3.8, 4) is 0 Å². The van der Waals surface area contributed by atoms with Crippen LogP contribution in [0.3, 0.4) is 0 Å². The molecule has 6 heteroatoms. The zero-order valence-corrected chi connectivity index (χ0v) is 10.4. The summed E-state index contributed by atoms with van der Waals surface area (Å²) in [5, 5.41) is 13.7. The van der Waals surface area contributed by atoms with Crippen LogP contribution in [0, 0.1) is 10.1 Å². The predicted molar refractivity (Wildman–Crippen MR) is 67.8 cm³/mol. The number of nitro groups is 1. The summed E-state index contributed by atoms with van der Waals surface area (Å²) >= 11 is 5.76.